The first-order valence-electron chi connectivity index (χ1n) is 6.62. The molecule has 2 rings (SSSR count). The van der Waals surface area contributed by atoms with Crippen molar-refractivity contribution in [3.63, 3.8) is 0 Å². The second-order valence-corrected chi connectivity index (χ2v) is 4.55. The van der Waals surface area contributed by atoms with E-state index in [4.69, 9.17) is 0 Å². The number of nitrogens with one attached hydrogen (secondary N) is 3. The lowest BCUT2D eigenvalue weighted by atomic mass is 10.1. The minimum absolute atomic E-state index is 0.00400. The summed E-state index contributed by atoms with van der Waals surface area (Å²) in [6.45, 7) is -0.142. The molecule has 1 heterocycles. The first-order chi connectivity index (χ1) is 11.4. The number of hydrazine groups is 1. The van der Waals surface area contributed by atoms with Gasteiger partial charge in [-0.25, -0.2) is 15.2 Å². The van der Waals surface area contributed by atoms with E-state index < -0.39 is 23.7 Å². The van der Waals surface area contributed by atoms with Crippen molar-refractivity contribution in [1.29, 1.82) is 0 Å². The number of urea groups is 1. The molecular formula is C14H12F3N5O2. The van der Waals surface area contributed by atoms with E-state index in [-0.39, 0.29) is 17.8 Å². The molecule has 3 amide bonds. The summed E-state index contributed by atoms with van der Waals surface area (Å²) in [5, 5.41) is 2.32. The summed E-state index contributed by atoms with van der Waals surface area (Å²) >= 11 is 0. The molecule has 0 fully saturated rings. The van der Waals surface area contributed by atoms with E-state index in [1.807, 2.05) is 0 Å². The monoisotopic (exact) mass is 339 g/mol. The van der Waals surface area contributed by atoms with Crippen LogP contribution in [0.2, 0.25) is 0 Å². The highest BCUT2D eigenvalue weighted by Crippen LogP contribution is 2.29. The van der Waals surface area contributed by atoms with Crippen LogP contribution in [-0.2, 0) is 12.7 Å². The van der Waals surface area contributed by atoms with Crippen molar-refractivity contribution < 1.29 is 22.8 Å². The average Bonchev–Trinajstić information content (AvgIpc) is 2.58. The SMILES string of the molecule is O=C(NCc1cccc(C(F)(F)F)c1)NNC(=O)c1cnccn1. The zero-order valence-corrected chi connectivity index (χ0v) is 12.1. The third-order valence-corrected chi connectivity index (χ3v) is 2.79. The molecule has 1 aromatic heterocycles. The highest BCUT2D eigenvalue weighted by atomic mass is 19.4. The zero-order valence-electron chi connectivity index (χ0n) is 12.1. The quantitative estimate of drug-likeness (QED) is 0.741. The molecule has 7 nitrogen and oxygen atoms in total. The molecule has 3 N–H and O–H groups in total. The van der Waals surface area contributed by atoms with Crippen molar-refractivity contribution >= 4 is 11.9 Å². The van der Waals surface area contributed by atoms with Crippen molar-refractivity contribution in [3.8, 4) is 0 Å². The molecule has 126 valence electrons. The van der Waals surface area contributed by atoms with Gasteiger partial charge in [-0.2, -0.15) is 13.2 Å². The minimum Gasteiger partial charge on any atom is -0.333 e. The summed E-state index contributed by atoms with van der Waals surface area (Å²) in [4.78, 5) is 30.6. The van der Waals surface area contributed by atoms with Crippen LogP contribution < -0.4 is 16.2 Å². The average molecular weight is 339 g/mol. The number of alkyl halides is 3. The van der Waals surface area contributed by atoms with Crippen molar-refractivity contribution in [2.75, 3.05) is 0 Å². The smallest absolute Gasteiger partial charge is 0.333 e. The highest BCUT2D eigenvalue weighted by molar-refractivity contribution is 5.93. The van der Waals surface area contributed by atoms with E-state index in [1.165, 1.54) is 30.7 Å². The molecular weight excluding hydrogens is 327 g/mol. The number of hydrogen-bond acceptors (Lipinski definition) is 4. The summed E-state index contributed by atoms with van der Waals surface area (Å²) in [7, 11) is 0. The molecule has 0 aliphatic rings. The number of rotatable bonds is 3. The molecule has 10 heteroatoms. The largest absolute Gasteiger partial charge is 0.416 e. The third kappa shape index (κ3) is 4.93. The van der Waals surface area contributed by atoms with Crippen LogP contribution in [0.15, 0.2) is 42.9 Å². The van der Waals surface area contributed by atoms with Gasteiger partial charge in [-0.15, -0.1) is 0 Å². The normalized spacial score (nSPS) is 10.8. The molecule has 0 saturated carbocycles. The van der Waals surface area contributed by atoms with E-state index in [0.29, 0.717) is 0 Å². The van der Waals surface area contributed by atoms with Crippen molar-refractivity contribution in [2.45, 2.75) is 12.7 Å². The van der Waals surface area contributed by atoms with E-state index in [0.717, 1.165) is 12.1 Å². The Kier molecular flexibility index (Phi) is 5.30. The fraction of sp³-hybridized carbons (Fsp3) is 0.143. The Morgan fingerprint density at radius 2 is 1.92 bits per heavy atom. The Morgan fingerprint density at radius 1 is 1.12 bits per heavy atom. The van der Waals surface area contributed by atoms with Crippen molar-refractivity contribution in [1.82, 2.24) is 26.1 Å². The maximum atomic E-state index is 12.6. The van der Waals surface area contributed by atoms with Gasteiger partial charge in [0.2, 0.25) is 0 Å². The maximum Gasteiger partial charge on any atom is 0.416 e. The number of carbonyl (C=O) groups is 2. The Balaban J connectivity index is 1.82. The molecule has 24 heavy (non-hydrogen) atoms. The Labute approximate surface area is 134 Å². The maximum absolute atomic E-state index is 12.6. The van der Waals surface area contributed by atoms with Gasteiger partial charge in [0, 0.05) is 18.9 Å². The van der Waals surface area contributed by atoms with Gasteiger partial charge in [-0.1, -0.05) is 12.1 Å². The van der Waals surface area contributed by atoms with E-state index in [2.05, 4.69) is 26.1 Å². The predicted octanol–water partition coefficient (Wildman–Crippen LogP) is 1.64. The summed E-state index contributed by atoms with van der Waals surface area (Å²) in [6.07, 6.45) is -0.560. The van der Waals surface area contributed by atoms with Crippen LogP contribution >= 0.6 is 0 Å². The van der Waals surface area contributed by atoms with Crippen molar-refractivity contribution in [2.24, 2.45) is 0 Å². The lowest BCUT2D eigenvalue weighted by molar-refractivity contribution is -0.137. The lowest BCUT2D eigenvalue weighted by Gasteiger charge is -2.10. The molecule has 0 bridgehead atoms. The van der Waals surface area contributed by atoms with E-state index >= 15 is 0 Å². The summed E-state index contributed by atoms with van der Waals surface area (Å²) in [6, 6.07) is 3.76. The number of nitrogens with zero attached hydrogens (tertiary/aromatic N) is 2. The second-order valence-electron chi connectivity index (χ2n) is 4.55. The summed E-state index contributed by atoms with van der Waals surface area (Å²) < 4.78 is 37.7. The molecule has 0 spiro atoms. The van der Waals surface area contributed by atoms with Gasteiger partial charge in [0.05, 0.1) is 11.8 Å². The molecule has 2 aromatic rings. The van der Waals surface area contributed by atoms with Crippen LogP contribution in [0.25, 0.3) is 0 Å². The molecule has 0 aliphatic heterocycles. The van der Waals surface area contributed by atoms with E-state index in [9.17, 15) is 22.8 Å². The number of benzene rings is 1. The fourth-order valence-electron chi connectivity index (χ4n) is 1.68. The van der Waals surface area contributed by atoms with Crippen LogP contribution in [0.3, 0.4) is 0 Å². The van der Waals surface area contributed by atoms with Gasteiger partial charge in [-0.05, 0) is 17.7 Å². The molecule has 0 atom stereocenters. The predicted molar refractivity (Wildman–Crippen MR) is 76.3 cm³/mol. The van der Waals surface area contributed by atoms with Crippen molar-refractivity contribution in [3.05, 3.63) is 59.7 Å². The molecule has 0 unspecified atom stereocenters. The van der Waals surface area contributed by atoms with Crippen LogP contribution in [0.5, 0.6) is 0 Å². The van der Waals surface area contributed by atoms with Gasteiger partial charge in [-0.3, -0.25) is 15.2 Å². The fourth-order valence-corrected chi connectivity index (χ4v) is 1.68. The number of aromatic nitrogens is 2. The zero-order chi connectivity index (χ0) is 17.6. The van der Waals surface area contributed by atoms with Gasteiger partial charge in [0.15, 0.2) is 0 Å². The second kappa shape index (κ2) is 7.40. The topological polar surface area (TPSA) is 96.0 Å². The first kappa shape index (κ1) is 17.2. The van der Waals surface area contributed by atoms with Gasteiger partial charge >= 0.3 is 12.2 Å². The number of carbonyl (C=O) groups excluding carboxylic acids is 2. The van der Waals surface area contributed by atoms with Crippen LogP contribution in [0.1, 0.15) is 21.6 Å². The van der Waals surface area contributed by atoms with Crippen LogP contribution in [0, 0.1) is 0 Å². The number of halogens is 3. The highest BCUT2D eigenvalue weighted by Gasteiger charge is 2.30. The Bertz CT molecular complexity index is 722. The van der Waals surface area contributed by atoms with Gasteiger partial charge in [0.1, 0.15) is 5.69 Å². The Morgan fingerprint density at radius 3 is 2.58 bits per heavy atom. The summed E-state index contributed by atoms with van der Waals surface area (Å²) in [5.74, 6) is -0.683. The van der Waals surface area contributed by atoms with Gasteiger partial charge in [0.25, 0.3) is 5.91 Å². The first-order valence-corrected chi connectivity index (χ1v) is 6.62. The lowest BCUT2D eigenvalue weighted by Crippen LogP contribution is -2.46. The standard InChI is InChI=1S/C14H12F3N5O2/c15-14(16,17)10-3-1-2-9(6-10)7-20-13(24)22-21-12(23)11-8-18-4-5-19-11/h1-6,8H,7H2,(H,21,23)(H2,20,22,24). The minimum atomic E-state index is -4.46. The van der Waals surface area contributed by atoms with Gasteiger partial charge < -0.3 is 5.32 Å². The molecule has 0 saturated heterocycles. The number of hydrogen-bond donors (Lipinski definition) is 3. The van der Waals surface area contributed by atoms with Crippen LogP contribution in [-0.4, -0.2) is 21.9 Å². The summed E-state index contributed by atoms with van der Waals surface area (Å²) in [5.41, 5.74) is 3.60. The molecule has 1 aromatic carbocycles. The van der Waals surface area contributed by atoms with Crippen LogP contribution in [0.4, 0.5) is 18.0 Å². The number of amides is 3. The molecule has 0 aliphatic carbocycles. The third-order valence-electron chi connectivity index (χ3n) is 2.79. The van der Waals surface area contributed by atoms with E-state index in [1.54, 1.807) is 0 Å². The molecule has 0 radical (unpaired) electrons. The Hall–Kier alpha value is -3.17.